The van der Waals surface area contributed by atoms with Crippen LogP contribution in [0.15, 0.2) is 164 Å². The fraction of sp³-hybridized carbons (Fsp3) is 0. The Kier molecular flexibility index (Phi) is 5.83. The van der Waals surface area contributed by atoms with E-state index in [1.807, 2.05) is 29.5 Å². The average Bonchev–Trinajstić information content (AvgIpc) is 3.74. The predicted molar refractivity (Wildman–Crippen MR) is 212 cm³/mol. The summed E-state index contributed by atoms with van der Waals surface area (Å²) in [6.45, 7) is 0. The molecule has 3 nitrogen and oxygen atoms in total. The molecule has 3 heterocycles. The molecule has 0 saturated heterocycles. The summed E-state index contributed by atoms with van der Waals surface area (Å²) in [7, 11) is 0. The van der Waals surface area contributed by atoms with Crippen molar-refractivity contribution in [1.29, 1.82) is 0 Å². The van der Waals surface area contributed by atoms with Crippen molar-refractivity contribution >= 4 is 74.9 Å². The van der Waals surface area contributed by atoms with Crippen LogP contribution in [0.4, 0.5) is 0 Å². The molecule has 0 N–H and O–H groups in total. The van der Waals surface area contributed by atoms with Crippen molar-refractivity contribution in [3.05, 3.63) is 164 Å². The summed E-state index contributed by atoms with van der Waals surface area (Å²) in [5.41, 5.74) is 7.56. The van der Waals surface area contributed by atoms with Gasteiger partial charge in [0.2, 0.25) is 0 Å². The van der Waals surface area contributed by atoms with E-state index in [0.29, 0.717) is 5.82 Å². The normalized spacial score (nSPS) is 12.0. The molecule has 0 radical (unpaired) electrons. The third-order valence-electron chi connectivity index (χ3n) is 10.2. The van der Waals surface area contributed by atoms with Crippen molar-refractivity contribution in [3.63, 3.8) is 0 Å². The summed E-state index contributed by atoms with van der Waals surface area (Å²) >= 11 is 1.89. The quantitative estimate of drug-likeness (QED) is 0.177. The molecule has 4 heteroatoms. The molecular weight excluding hydrogens is 627 g/mol. The first kappa shape index (κ1) is 27.6. The summed E-state index contributed by atoms with van der Waals surface area (Å²) in [5, 5.41) is 10.4. The number of benzene rings is 8. The second kappa shape index (κ2) is 10.6. The van der Waals surface area contributed by atoms with Crippen LogP contribution >= 0.6 is 11.3 Å². The molecule has 0 unspecified atom stereocenters. The Morgan fingerprint density at radius 3 is 1.72 bits per heavy atom. The van der Waals surface area contributed by atoms with Gasteiger partial charge in [-0.15, -0.1) is 11.3 Å². The minimum atomic E-state index is 0.701. The molecule has 232 valence electrons. The Bertz CT molecular complexity index is 3040. The zero-order valence-electron chi connectivity index (χ0n) is 26.8. The molecule has 0 aliphatic carbocycles. The van der Waals surface area contributed by atoms with E-state index in [0.717, 1.165) is 33.7 Å². The average molecular weight is 654 g/mol. The SMILES string of the molecule is c1ccc(-c2nc(-c3cccc(-c4cccc5c6cccc7sc8cccc(c45)c8c76)c3)cc(-n3c4ccccc4c4ccccc43)n2)cc1. The summed E-state index contributed by atoms with van der Waals surface area (Å²) in [5.74, 6) is 1.55. The van der Waals surface area contributed by atoms with Gasteiger partial charge in [0.05, 0.1) is 16.7 Å². The zero-order chi connectivity index (χ0) is 32.8. The fourth-order valence-corrected chi connectivity index (χ4v) is 9.19. The molecule has 0 spiro atoms. The first-order valence-electron chi connectivity index (χ1n) is 16.9. The molecule has 0 amide bonds. The molecule has 50 heavy (non-hydrogen) atoms. The second-order valence-electron chi connectivity index (χ2n) is 12.9. The topological polar surface area (TPSA) is 30.7 Å². The molecule has 3 aromatic heterocycles. The van der Waals surface area contributed by atoms with Crippen LogP contribution in [-0.4, -0.2) is 14.5 Å². The monoisotopic (exact) mass is 653 g/mol. The molecule has 0 fully saturated rings. The van der Waals surface area contributed by atoms with Crippen molar-refractivity contribution in [3.8, 4) is 39.6 Å². The molecule has 0 atom stereocenters. The van der Waals surface area contributed by atoms with E-state index in [-0.39, 0.29) is 0 Å². The first-order valence-corrected chi connectivity index (χ1v) is 17.7. The highest BCUT2D eigenvalue weighted by Gasteiger charge is 2.19. The Morgan fingerprint density at radius 1 is 0.400 bits per heavy atom. The Morgan fingerprint density at radius 2 is 0.960 bits per heavy atom. The maximum absolute atomic E-state index is 5.22. The van der Waals surface area contributed by atoms with Gasteiger partial charge in [0.25, 0.3) is 0 Å². The molecule has 0 saturated carbocycles. The van der Waals surface area contributed by atoms with Crippen molar-refractivity contribution in [2.45, 2.75) is 0 Å². The zero-order valence-corrected chi connectivity index (χ0v) is 27.7. The maximum Gasteiger partial charge on any atom is 0.162 e. The molecule has 11 rings (SSSR count). The lowest BCUT2D eigenvalue weighted by atomic mass is 9.89. The van der Waals surface area contributed by atoms with Gasteiger partial charge in [0.15, 0.2) is 5.82 Å². The van der Waals surface area contributed by atoms with Gasteiger partial charge in [-0.2, -0.15) is 0 Å². The predicted octanol–water partition coefficient (Wildman–Crippen LogP) is 12.7. The van der Waals surface area contributed by atoms with Crippen molar-refractivity contribution < 1.29 is 0 Å². The van der Waals surface area contributed by atoms with Crippen LogP contribution in [0.2, 0.25) is 0 Å². The van der Waals surface area contributed by atoms with Crippen LogP contribution in [0.25, 0.3) is 103 Å². The number of aromatic nitrogens is 3. The maximum atomic E-state index is 5.22. The van der Waals surface area contributed by atoms with Crippen LogP contribution < -0.4 is 0 Å². The highest BCUT2D eigenvalue weighted by molar-refractivity contribution is 7.26. The lowest BCUT2D eigenvalue weighted by Gasteiger charge is -2.15. The number of hydrogen-bond acceptors (Lipinski definition) is 3. The van der Waals surface area contributed by atoms with Crippen LogP contribution in [0.3, 0.4) is 0 Å². The lowest BCUT2D eigenvalue weighted by Crippen LogP contribution is -2.02. The fourth-order valence-electron chi connectivity index (χ4n) is 8.04. The Labute approximate surface area is 291 Å². The molecule has 11 aromatic rings. The molecule has 0 bridgehead atoms. The Balaban J connectivity index is 1.16. The van der Waals surface area contributed by atoms with Gasteiger partial charge < -0.3 is 0 Å². The molecule has 0 aliphatic rings. The van der Waals surface area contributed by atoms with Gasteiger partial charge in [0.1, 0.15) is 5.82 Å². The van der Waals surface area contributed by atoms with E-state index >= 15 is 0 Å². The largest absolute Gasteiger partial charge is 0.294 e. The van der Waals surface area contributed by atoms with Gasteiger partial charge in [-0.3, -0.25) is 4.57 Å². The number of hydrogen-bond donors (Lipinski definition) is 0. The lowest BCUT2D eigenvalue weighted by molar-refractivity contribution is 1.05. The van der Waals surface area contributed by atoms with E-state index in [1.165, 1.54) is 63.6 Å². The number of thiophene rings is 1. The minimum Gasteiger partial charge on any atom is -0.294 e. The third kappa shape index (κ3) is 3.97. The minimum absolute atomic E-state index is 0.701. The highest BCUT2D eigenvalue weighted by atomic mass is 32.1. The smallest absolute Gasteiger partial charge is 0.162 e. The van der Waals surface area contributed by atoms with Gasteiger partial charge in [-0.1, -0.05) is 127 Å². The van der Waals surface area contributed by atoms with Crippen molar-refractivity contribution in [2.24, 2.45) is 0 Å². The summed E-state index contributed by atoms with van der Waals surface area (Å²) < 4.78 is 4.96. The molecule has 8 aromatic carbocycles. The number of para-hydroxylation sites is 2. The van der Waals surface area contributed by atoms with E-state index in [4.69, 9.17) is 9.97 Å². The van der Waals surface area contributed by atoms with E-state index in [2.05, 4.69) is 150 Å². The summed E-state index contributed by atoms with van der Waals surface area (Å²) in [4.78, 5) is 10.4. The first-order chi connectivity index (χ1) is 24.8. The standard InChI is InChI=1S/C46H27N3S/c1-2-12-28(13-3-1)46-47-37(27-42(48-46)49-38-22-6-4-16-32(38)33-17-5-7-23-39(33)49)30-15-8-14-29(26-30)31-18-9-19-34-35-20-10-24-40-44(35)45-36(43(31)34)21-11-25-41(45)50-40/h1-27H. The van der Waals surface area contributed by atoms with E-state index < -0.39 is 0 Å². The van der Waals surface area contributed by atoms with Gasteiger partial charge in [-0.05, 0) is 63.0 Å². The van der Waals surface area contributed by atoms with Gasteiger partial charge in [-0.25, -0.2) is 9.97 Å². The number of nitrogens with zero attached hydrogens (tertiary/aromatic N) is 3. The van der Waals surface area contributed by atoms with Crippen LogP contribution in [0.5, 0.6) is 0 Å². The third-order valence-corrected chi connectivity index (χ3v) is 11.3. The van der Waals surface area contributed by atoms with Crippen LogP contribution in [-0.2, 0) is 0 Å². The summed E-state index contributed by atoms with van der Waals surface area (Å²) in [6.07, 6.45) is 0. The van der Waals surface area contributed by atoms with E-state index in [9.17, 15) is 0 Å². The number of fused-ring (bicyclic) bond motifs is 6. The van der Waals surface area contributed by atoms with E-state index in [1.54, 1.807) is 0 Å². The van der Waals surface area contributed by atoms with Crippen LogP contribution in [0, 0.1) is 0 Å². The van der Waals surface area contributed by atoms with Crippen molar-refractivity contribution in [1.82, 2.24) is 14.5 Å². The van der Waals surface area contributed by atoms with Gasteiger partial charge in [0, 0.05) is 48.1 Å². The highest BCUT2D eigenvalue weighted by Crippen LogP contribution is 2.47. The van der Waals surface area contributed by atoms with Crippen LogP contribution in [0.1, 0.15) is 0 Å². The summed E-state index contributed by atoms with van der Waals surface area (Å²) in [6, 6.07) is 58.7. The molecular formula is C46H27N3S. The second-order valence-corrected chi connectivity index (χ2v) is 14.0. The van der Waals surface area contributed by atoms with Crippen molar-refractivity contribution in [2.75, 3.05) is 0 Å². The van der Waals surface area contributed by atoms with Gasteiger partial charge >= 0.3 is 0 Å². The molecule has 0 aliphatic heterocycles. The number of rotatable bonds is 4. The Hall–Kier alpha value is -6.36.